The molecule has 29 heavy (non-hydrogen) atoms. The summed E-state index contributed by atoms with van der Waals surface area (Å²) in [5, 5.41) is 3.46. The second-order valence-electron chi connectivity index (χ2n) is 6.82. The van der Waals surface area contributed by atoms with Gasteiger partial charge in [0.25, 0.3) is 0 Å². The molecule has 4 nitrogen and oxygen atoms in total. The Hall–Kier alpha value is -2.50. The van der Waals surface area contributed by atoms with Crippen molar-refractivity contribution in [3.05, 3.63) is 87.4 Å². The molecule has 0 aliphatic carbocycles. The summed E-state index contributed by atoms with van der Waals surface area (Å²) in [6.07, 6.45) is 0. The van der Waals surface area contributed by atoms with Gasteiger partial charge in [-0.1, -0.05) is 57.9 Å². The third kappa shape index (κ3) is 5.99. The molecule has 3 rings (SSSR count). The van der Waals surface area contributed by atoms with Crippen molar-refractivity contribution in [1.82, 2.24) is 5.32 Å². The minimum absolute atomic E-state index is 0.500. The molecule has 3 aromatic carbocycles. The highest BCUT2D eigenvalue weighted by Crippen LogP contribution is 2.34. The summed E-state index contributed by atoms with van der Waals surface area (Å²) in [7, 11) is 3.34. The van der Waals surface area contributed by atoms with Crippen LogP contribution in [0.25, 0.3) is 0 Å². The van der Waals surface area contributed by atoms with Crippen molar-refractivity contribution in [3.8, 4) is 17.2 Å². The van der Waals surface area contributed by atoms with E-state index in [-0.39, 0.29) is 0 Å². The number of hydrogen-bond donors (Lipinski definition) is 1. The van der Waals surface area contributed by atoms with E-state index in [0.29, 0.717) is 13.2 Å². The van der Waals surface area contributed by atoms with Gasteiger partial charge in [-0.25, -0.2) is 0 Å². The fraction of sp³-hybridized carbons (Fsp3) is 0.250. The third-order valence-electron chi connectivity index (χ3n) is 4.61. The van der Waals surface area contributed by atoms with Crippen molar-refractivity contribution in [2.75, 3.05) is 14.2 Å². The molecule has 0 unspecified atom stereocenters. The van der Waals surface area contributed by atoms with E-state index in [2.05, 4.69) is 58.5 Å². The molecule has 0 aliphatic rings. The molecule has 0 heterocycles. The first kappa shape index (κ1) is 21.2. The number of ether oxygens (including phenoxy) is 3. The molecule has 3 aromatic rings. The standard InChI is InChI=1S/C24H26BrNO3/c1-17-5-4-6-19(11-17)16-29-24-13-22(25)20(12-23(24)28-3)15-26-14-18-7-9-21(27-2)10-8-18/h4-13,26H,14-16H2,1-3H3. The van der Waals surface area contributed by atoms with Crippen molar-refractivity contribution in [2.24, 2.45) is 0 Å². The summed E-state index contributed by atoms with van der Waals surface area (Å²) >= 11 is 3.66. The maximum atomic E-state index is 6.01. The first-order chi connectivity index (χ1) is 14.1. The largest absolute Gasteiger partial charge is 0.497 e. The fourth-order valence-corrected chi connectivity index (χ4v) is 3.50. The number of hydrogen-bond acceptors (Lipinski definition) is 4. The van der Waals surface area contributed by atoms with Crippen molar-refractivity contribution in [3.63, 3.8) is 0 Å². The van der Waals surface area contributed by atoms with Crippen LogP contribution in [-0.2, 0) is 19.7 Å². The van der Waals surface area contributed by atoms with Gasteiger partial charge in [0.1, 0.15) is 12.4 Å². The predicted octanol–water partition coefficient (Wildman–Crippen LogP) is 5.64. The average molecular weight is 456 g/mol. The highest BCUT2D eigenvalue weighted by Gasteiger charge is 2.11. The van der Waals surface area contributed by atoms with Gasteiger partial charge in [-0.3, -0.25) is 0 Å². The van der Waals surface area contributed by atoms with Crippen LogP contribution in [0.15, 0.2) is 65.1 Å². The van der Waals surface area contributed by atoms with E-state index in [0.717, 1.165) is 39.4 Å². The molecule has 0 aliphatic heterocycles. The monoisotopic (exact) mass is 455 g/mol. The first-order valence-corrected chi connectivity index (χ1v) is 10.3. The van der Waals surface area contributed by atoms with Gasteiger partial charge >= 0.3 is 0 Å². The highest BCUT2D eigenvalue weighted by molar-refractivity contribution is 9.10. The summed E-state index contributed by atoms with van der Waals surface area (Å²) in [4.78, 5) is 0. The summed E-state index contributed by atoms with van der Waals surface area (Å²) < 4.78 is 17.8. The minimum Gasteiger partial charge on any atom is -0.497 e. The number of halogens is 1. The minimum atomic E-state index is 0.500. The lowest BCUT2D eigenvalue weighted by Crippen LogP contribution is -2.13. The Morgan fingerprint density at radius 2 is 1.62 bits per heavy atom. The zero-order valence-corrected chi connectivity index (χ0v) is 18.6. The van der Waals surface area contributed by atoms with Crippen LogP contribution in [0.4, 0.5) is 0 Å². The van der Waals surface area contributed by atoms with Crippen molar-refractivity contribution in [2.45, 2.75) is 26.6 Å². The van der Waals surface area contributed by atoms with Crippen LogP contribution in [0.1, 0.15) is 22.3 Å². The Bertz CT molecular complexity index is 941. The normalized spacial score (nSPS) is 10.6. The van der Waals surface area contributed by atoms with E-state index in [4.69, 9.17) is 14.2 Å². The molecule has 0 amide bonds. The molecule has 0 bridgehead atoms. The first-order valence-electron chi connectivity index (χ1n) is 9.47. The Morgan fingerprint density at radius 1 is 0.828 bits per heavy atom. The summed E-state index contributed by atoms with van der Waals surface area (Å²) in [6.45, 7) is 4.06. The van der Waals surface area contributed by atoms with Crippen molar-refractivity contribution in [1.29, 1.82) is 0 Å². The predicted molar refractivity (Wildman–Crippen MR) is 120 cm³/mol. The molecule has 0 spiro atoms. The lowest BCUT2D eigenvalue weighted by atomic mass is 10.1. The van der Waals surface area contributed by atoms with Gasteiger partial charge in [0.15, 0.2) is 11.5 Å². The quantitative estimate of drug-likeness (QED) is 0.452. The molecule has 0 atom stereocenters. The maximum Gasteiger partial charge on any atom is 0.162 e. The summed E-state index contributed by atoms with van der Waals surface area (Å²) in [6, 6.07) is 20.3. The number of nitrogens with one attached hydrogen (secondary N) is 1. The van der Waals surface area contributed by atoms with Gasteiger partial charge in [0.2, 0.25) is 0 Å². The molecule has 0 radical (unpaired) electrons. The van der Waals surface area contributed by atoms with Gasteiger partial charge in [0, 0.05) is 17.6 Å². The van der Waals surface area contributed by atoms with Crippen LogP contribution < -0.4 is 19.5 Å². The summed E-state index contributed by atoms with van der Waals surface area (Å²) in [5.74, 6) is 2.31. The van der Waals surface area contributed by atoms with E-state index in [1.54, 1.807) is 14.2 Å². The second kappa shape index (κ2) is 10.3. The maximum absolute atomic E-state index is 6.01. The molecule has 1 N–H and O–H groups in total. The fourth-order valence-electron chi connectivity index (χ4n) is 3.03. The number of aryl methyl sites for hydroxylation is 1. The zero-order chi connectivity index (χ0) is 20.6. The van der Waals surface area contributed by atoms with E-state index in [1.807, 2.05) is 30.3 Å². The van der Waals surface area contributed by atoms with Gasteiger partial charge in [-0.15, -0.1) is 0 Å². The number of benzene rings is 3. The molecular weight excluding hydrogens is 430 g/mol. The molecule has 5 heteroatoms. The molecule has 0 saturated heterocycles. The lowest BCUT2D eigenvalue weighted by molar-refractivity contribution is 0.284. The molecule has 0 fully saturated rings. The van der Waals surface area contributed by atoms with Gasteiger partial charge in [0.05, 0.1) is 14.2 Å². The smallest absolute Gasteiger partial charge is 0.162 e. The average Bonchev–Trinajstić information content (AvgIpc) is 2.74. The van der Waals surface area contributed by atoms with Crippen molar-refractivity contribution < 1.29 is 14.2 Å². The summed E-state index contributed by atoms with van der Waals surface area (Å²) in [5.41, 5.74) is 4.66. The Kier molecular flexibility index (Phi) is 7.55. The number of rotatable bonds is 9. The van der Waals surface area contributed by atoms with E-state index in [1.165, 1.54) is 11.1 Å². The Morgan fingerprint density at radius 3 is 2.31 bits per heavy atom. The second-order valence-corrected chi connectivity index (χ2v) is 7.68. The number of methoxy groups -OCH3 is 2. The van der Waals surface area contributed by atoms with Crippen LogP contribution in [-0.4, -0.2) is 14.2 Å². The third-order valence-corrected chi connectivity index (χ3v) is 5.35. The van der Waals surface area contributed by atoms with E-state index >= 15 is 0 Å². The van der Waals surface area contributed by atoms with Crippen LogP contribution in [0, 0.1) is 6.92 Å². The van der Waals surface area contributed by atoms with Crippen LogP contribution >= 0.6 is 15.9 Å². The van der Waals surface area contributed by atoms with Crippen molar-refractivity contribution >= 4 is 15.9 Å². The highest BCUT2D eigenvalue weighted by atomic mass is 79.9. The van der Waals surface area contributed by atoms with E-state index in [9.17, 15) is 0 Å². The lowest BCUT2D eigenvalue weighted by Gasteiger charge is -2.15. The van der Waals surface area contributed by atoms with Crippen LogP contribution in [0.5, 0.6) is 17.2 Å². The Balaban J connectivity index is 1.62. The topological polar surface area (TPSA) is 39.7 Å². The van der Waals surface area contributed by atoms with Gasteiger partial charge in [-0.2, -0.15) is 0 Å². The molecule has 152 valence electrons. The molecule has 0 saturated carbocycles. The van der Waals surface area contributed by atoms with E-state index < -0.39 is 0 Å². The SMILES string of the molecule is COc1ccc(CNCc2cc(OC)c(OCc3cccc(C)c3)cc2Br)cc1. The molecule has 0 aromatic heterocycles. The van der Waals surface area contributed by atoms with Gasteiger partial charge < -0.3 is 19.5 Å². The van der Waals surface area contributed by atoms with Gasteiger partial charge in [-0.05, 0) is 47.9 Å². The van der Waals surface area contributed by atoms with Crippen LogP contribution in [0.2, 0.25) is 0 Å². The van der Waals surface area contributed by atoms with Crippen LogP contribution in [0.3, 0.4) is 0 Å². The molecular formula is C24H26BrNO3. The Labute approximate surface area is 180 Å². The zero-order valence-electron chi connectivity index (χ0n) is 17.0.